The van der Waals surface area contributed by atoms with E-state index in [1.54, 1.807) is 0 Å². The number of unbranched alkanes of at least 4 members (excludes halogenated alkanes) is 3. The third-order valence-corrected chi connectivity index (χ3v) is 10.9. The van der Waals surface area contributed by atoms with Crippen LogP contribution in [-0.2, 0) is 9.53 Å². The summed E-state index contributed by atoms with van der Waals surface area (Å²) in [5.41, 5.74) is 12.0. The van der Waals surface area contributed by atoms with Crippen LogP contribution in [0.1, 0.15) is 165 Å². The van der Waals surface area contributed by atoms with Crippen LogP contribution in [0.3, 0.4) is 0 Å². The fourth-order valence-corrected chi connectivity index (χ4v) is 7.89. The van der Waals surface area contributed by atoms with Gasteiger partial charge in [0.05, 0.1) is 46.0 Å². The summed E-state index contributed by atoms with van der Waals surface area (Å²) in [4.78, 5) is 60.6. The number of carbonyl (C=O) groups is 3. The number of esters is 1. The lowest BCUT2D eigenvalue weighted by molar-refractivity contribution is -0.143. The highest BCUT2D eigenvalue weighted by atomic mass is 16.5. The number of allylic oxidation sites excluding steroid dienone is 5. The van der Waals surface area contributed by atoms with Crippen LogP contribution in [0.15, 0.2) is 30.9 Å². The van der Waals surface area contributed by atoms with Gasteiger partial charge in [0, 0.05) is 47.3 Å². The number of aromatic amines is 2. The Morgan fingerprint density at radius 2 is 1.63 bits per heavy atom. The van der Waals surface area contributed by atoms with E-state index in [9.17, 15) is 14.4 Å². The quantitative estimate of drug-likeness (QED) is 0.130. The predicted molar refractivity (Wildman–Crippen MR) is 204 cm³/mol. The maximum absolute atomic E-state index is 14.7. The van der Waals surface area contributed by atoms with Crippen molar-refractivity contribution in [2.24, 2.45) is 0 Å². The Hall–Kier alpha value is -4.79. The van der Waals surface area contributed by atoms with Crippen molar-refractivity contribution in [3.63, 3.8) is 0 Å². The van der Waals surface area contributed by atoms with E-state index in [2.05, 4.69) is 50.3 Å². The third-order valence-electron chi connectivity index (χ3n) is 10.9. The molecule has 8 bridgehead atoms. The summed E-state index contributed by atoms with van der Waals surface area (Å²) in [6.07, 6.45) is 7.82. The molecule has 6 rings (SSSR count). The first kappa shape index (κ1) is 36.0. The number of amides is 2. The van der Waals surface area contributed by atoms with Crippen molar-refractivity contribution in [3.05, 3.63) is 81.7 Å². The Labute approximate surface area is 301 Å². The number of aromatic nitrogens is 4. The van der Waals surface area contributed by atoms with E-state index in [0.717, 1.165) is 100 Å². The molecule has 0 unspecified atom stereocenters. The number of H-pyrrole nitrogens is 2. The molecule has 2 aromatic rings. The number of hydrogen-bond donors (Lipinski definition) is 2. The van der Waals surface area contributed by atoms with Gasteiger partial charge in [-0.2, -0.15) is 0 Å². The van der Waals surface area contributed by atoms with E-state index in [1.807, 2.05) is 39.0 Å². The van der Waals surface area contributed by atoms with Gasteiger partial charge in [0.2, 0.25) is 0 Å². The summed E-state index contributed by atoms with van der Waals surface area (Å²) in [7, 11) is 0. The SMILES string of the molecule is C=CC1=C(C)c2cc3[nH]c(c4c5[nH]c(cc6nc(cc1n2)C(C)=C6CC)c(C)c5C(=O)N(CCCCCC)C4=O)[C@@H](CCC(=O)OCCC)[C@@H]3C. The molecule has 6 heterocycles. The molecule has 4 aliphatic heterocycles. The average molecular weight is 690 g/mol. The van der Waals surface area contributed by atoms with Crippen LogP contribution in [0.25, 0.3) is 33.3 Å². The van der Waals surface area contributed by atoms with Crippen LogP contribution in [0, 0.1) is 6.92 Å². The maximum atomic E-state index is 14.7. The first-order chi connectivity index (χ1) is 24.5. The molecule has 0 fully saturated rings. The minimum atomic E-state index is -0.320. The lowest BCUT2D eigenvalue weighted by atomic mass is 9.84. The second-order valence-electron chi connectivity index (χ2n) is 14.2. The van der Waals surface area contributed by atoms with E-state index in [1.165, 1.54) is 4.90 Å². The summed E-state index contributed by atoms with van der Waals surface area (Å²) >= 11 is 0. The molecule has 9 nitrogen and oxygen atoms in total. The fraction of sp³-hybridized carbons (Fsp3) is 0.452. The molecule has 9 heteroatoms. The molecule has 0 saturated carbocycles. The molecule has 0 radical (unpaired) electrons. The number of fused-ring (bicyclic) bond motifs is 8. The number of imide groups is 1. The largest absolute Gasteiger partial charge is 0.466 e. The molecule has 0 spiro atoms. The number of nitrogens with zero attached hydrogens (tertiary/aromatic N) is 3. The van der Waals surface area contributed by atoms with Crippen molar-refractivity contribution in [3.8, 4) is 0 Å². The minimum Gasteiger partial charge on any atom is -0.466 e. The van der Waals surface area contributed by atoms with E-state index in [0.29, 0.717) is 41.9 Å². The summed E-state index contributed by atoms with van der Waals surface area (Å²) in [6, 6.07) is 6.10. The summed E-state index contributed by atoms with van der Waals surface area (Å²) in [5, 5.41) is 0. The van der Waals surface area contributed by atoms with Crippen LogP contribution in [-0.4, -0.2) is 55.8 Å². The molecule has 0 saturated heterocycles. The number of carbonyl (C=O) groups excluding carboxylic acids is 3. The average Bonchev–Trinajstić information content (AvgIpc) is 3.79. The van der Waals surface area contributed by atoms with E-state index in [4.69, 9.17) is 14.7 Å². The fourth-order valence-electron chi connectivity index (χ4n) is 7.89. The van der Waals surface area contributed by atoms with Crippen LogP contribution >= 0.6 is 0 Å². The Bertz CT molecular complexity index is 2060. The normalized spacial score (nSPS) is 17.7. The molecule has 2 amide bonds. The molecule has 2 N–H and O–H groups in total. The second-order valence-corrected chi connectivity index (χ2v) is 14.2. The number of aryl methyl sites for hydroxylation is 1. The molecule has 268 valence electrons. The highest BCUT2D eigenvalue weighted by Gasteiger charge is 2.40. The van der Waals surface area contributed by atoms with E-state index >= 15 is 0 Å². The van der Waals surface area contributed by atoms with Crippen LogP contribution in [0.2, 0.25) is 0 Å². The van der Waals surface area contributed by atoms with Gasteiger partial charge in [-0.15, -0.1) is 0 Å². The number of rotatable bonds is 12. The van der Waals surface area contributed by atoms with Gasteiger partial charge in [-0.05, 0) is 86.9 Å². The standard InChI is InChI=1S/C42H51N5O4/c1-9-13-14-15-18-47-41(49)37-26(8)33-22-35-28(12-4)24(6)31(44-35)21-34-27(11-3)23(5)30(43-34)20-32-25(7)29(16-17-36(48)51-19-10-2)39(45-32)38(42(47)50)40(37)46-33/h11,20-22,25,29,45-46H,3,9-10,12-19H2,1-2,4-8H3/t25-,29-/m0/s1. The van der Waals surface area contributed by atoms with Gasteiger partial charge < -0.3 is 14.7 Å². The third kappa shape index (κ3) is 6.47. The Balaban J connectivity index is 1.69. The monoisotopic (exact) mass is 689 g/mol. The Kier molecular flexibility index (Phi) is 10.5. The zero-order valence-corrected chi connectivity index (χ0v) is 31.2. The molecular formula is C42H51N5O4. The first-order valence-electron chi connectivity index (χ1n) is 18.7. The molecule has 0 aromatic carbocycles. The molecule has 2 atom stereocenters. The molecular weight excluding hydrogens is 638 g/mol. The smallest absolute Gasteiger partial charge is 0.305 e. The molecule has 4 aliphatic rings. The topological polar surface area (TPSA) is 121 Å². The lowest BCUT2D eigenvalue weighted by Crippen LogP contribution is -2.41. The van der Waals surface area contributed by atoms with Gasteiger partial charge in [0.15, 0.2) is 0 Å². The van der Waals surface area contributed by atoms with Crippen LogP contribution in [0.4, 0.5) is 0 Å². The van der Waals surface area contributed by atoms with E-state index < -0.39 is 0 Å². The zero-order chi connectivity index (χ0) is 36.6. The minimum absolute atomic E-state index is 0.0833. The first-order valence-corrected chi connectivity index (χ1v) is 18.7. The summed E-state index contributed by atoms with van der Waals surface area (Å²) in [6.45, 7) is 19.3. The lowest BCUT2D eigenvalue weighted by Gasteiger charge is -2.27. The highest BCUT2D eigenvalue weighted by Crippen LogP contribution is 2.45. The van der Waals surface area contributed by atoms with Crippen molar-refractivity contribution in [1.82, 2.24) is 24.8 Å². The van der Waals surface area contributed by atoms with Crippen molar-refractivity contribution < 1.29 is 19.1 Å². The van der Waals surface area contributed by atoms with Crippen molar-refractivity contribution in [2.45, 2.75) is 112 Å². The van der Waals surface area contributed by atoms with Gasteiger partial charge in [0.1, 0.15) is 0 Å². The Morgan fingerprint density at radius 3 is 2.33 bits per heavy atom. The number of hydrogen-bond acceptors (Lipinski definition) is 6. The van der Waals surface area contributed by atoms with Crippen molar-refractivity contribution in [1.29, 1.82) is 0 Å². The van der Waals surface area contributed by atoms with Gasteiger partial charge >= 0.3 is 5.97 Å². The van der Waals surface area contributed by atoms with Crippen molar-refractivity contribution in [2.75, 3.05) is 13.2 Å². The van der Waals surface area contributed by atoms with Gasteiger partial charge in [-0.1, -0.05) is 59.6 Å². The van der Waals surface area contributed by atoms with E-state index in [-0.39, 0.29) is 36.0 Å². The Morgan fingerprint density at radius 1 is 0.902 bits per heavy atom. The summed E-state index contributed by atoms with van der Waals surface area (Å²) < 4.78 is 5.46. The number of ether oxygens (including phenoxy) is 1. The predicted octanol–water partition coefficient (Wildman–Crippen LogP) is 9.60. The maximum Gasteiger partial charge on any atom is 0.305 e. The summed E-state index contributed by atoms with van der Waals surface area (Å²) in [5.74, 6) is -1.15. The molecule has 51 heavy (non-hydrogen) atoms. The van der Waals surface area contributed by atoms with Crippen LogP contribution in [0.5, 0.6) is 0 Å². The van der Waals surface area contributed by atoms with Gasteiger partial charge in [-0.25, -0.2) is 9.97 Å². The number of nitrogens with one attached hydrogen (secondary N) is 2. The molecule has 2 aromatic heterocycles. The zero-order valence-electron chi connectivity index (χ0n) is 31.2. The second kappa shape index (κ2) is 14.8. The highest BCUT2D eigenvalue weighted by molar-refractivity contribution is 6.23. The molecule has 0 aliphatic carbocycles. The van der Waals surface area contributed by atoms with Crippen molar-refractivity contribution >= 4 is 51.1 Å². The van der Waals surface area contributed by atoms with Gasteiger partial charge in [-0.3, -0.25) is 19.3 Å². The van der Waals surface area contributed by atoms with Crippen LogP contribution < -0.4 is 0 Å². The van der Waals surface area contributed by atoms with Gasteiger partial charge in [0.25, 0.3) is 11.8 Å².